The van der Waals surface area contributed by atoms with E-state index in [2.05, 4.69) is 29.4 Å². The van der Waals surface area contributed by atoms with Gasteiger partial charge in [-0.25, -0.2) is 0 Å². The number of aliphatic imine (C=N–C) groups is 1. The number of carboxylic acids is 1. The van der Waals surface area contributed by atoms with Crippen LogP contribution >= 0.6 is 0 Å². The number of carbonyl (C=O) groups excluding carboxylic acids is 4. The maximum atomic E-state index is 14.8. The Balaban J connectivity index is 1.33. The number of esters is 1. The van der Waals surface area contributed by atoms with Crippen LogP contribution in [0.1, 0.15) is 127 Å². The maximum absolute atomic E-state index is 14.8. The van der Waals surface area contributed by atoms with Gasteiger partial charge in [0.25, 0.3) is 11.7 Å². The van der Waals surface area contributed by atoms with Crippen LogP contribution in [0.15, 0.2) is 52.5 Å². The number of nitrogens with zero attached hydrogens (tertiary/aromatic N) is 2. The van der Waals surface area contributed by atoms with Crippen molar-refractivity contribution in [2.24, 2.45) is 34.6 Å². The summed E-state index contributed by atoms with van der Waals surface area (Å²) in [6.45, 7) is 22.7. The molecule has 1 spiro atoms. The van der Waals surface area contributed by atoms with E-state index in [1.165, 1.54) is 13.2 Å². The molecule has 1 aromatic rings. The third kappa shape index (κ3) is 9.13. The van der Waals surface area contributed by atoms with Crippen molar-refractivity contribution >= 4 is 35.1 Å². The lowest BCUT2D eigenvalue weighted by Gasteiger charge is -2.49. The number of amides is 1. The Morgan fingerprint density at radius 3 is 2.31 bits per heavy atom. The topological polar surface area (TPSA) is 212 Å². The third-order valence-electron chi connectivity index (χ3n) is 13.6. The van der Waals surface area contributed by atoms with Crippen molar-refractivity contribution in [2.45, 2.75) is 137 Å². The Labute approximate surface area is 380 Å². The molecular formula is C49H64N4O12. The van der Waals surface area contributed by atoms with Gasteiger partial charge >= 0.3 is 17.7 Å². The first-order valence-corrected chi connectivity index (χ1v) is 22.8. The molecule has 16 nitrogen and oxygen atoms in total. The quantitative estimate of drug-likeness (QED) is 0.190. The number of carboxylic acid groups (broad SMARTS) is 1. The Hall–Kier alpha value is -5.32. The fourth-order valence-corrected chi connectivity index (χ4v) is 10.2. The number of allylic oxidation sites excluding steroid dienone is 5. The number of carbonyl (C=O) groups is 5. The molecule has 8 rings (SSSR count). The van der Waals surface area contributed by atoms with Crippen molar-refractivity contribution in [3.63, 3.8) is 0 Å². The predicted octanol–water partition coefficient (Wildman–Crippen LogP) is 6.24. The number of aromatic hydroxyl groups is 1. The second-order valence-corrected chi connectivity index (χ2v) is 19.8. The molecule has 352 valence electrons. The van der Waals surface area contributed by atoms with E-state index >= 15 is 0 Å². The monoisotopic (exact) mass is 900 g/mol. The maximum Gasteiger partial charge on any atom is 0.317 e. The molecule has 4 N–H and O–H groups in total. The largest absolute Gasteiger partial charge is 0.507 e. The number of fused-ring (bicyclic) bond motifs is 9. The number of rotatable bonds is 5. The smallest absolute Gasteiger partial charge is 0.317 e. The van der Waals surface area contributed by atoms with E-state index in [1.54, 1.807) is 32.1 Å². The van der Waals surface area contributed by atoms with Crippen LogP contribution in [0.2, 0.25) is 0 Å². The van der Waals surface area contributed by atoms with Gasteiger partial charge in [0, 0.05) is 73.9 Å². The molecule has 16 heteroatoms. The minimum absolute atomic E-state index is 0.0291. The number of ketones is 2. The lowest BCUT2D eigenvalue weighted by molar-refractivity contribution is -0.336. The number of nitrogens with one attached hydrogen (secondary N) is 2. The first-order valence-electron chi connectivity index (χ1n) is 22.8. The molecule has 6 aliphatic heterocycles. The summed E-state index contributed by atoms with van der Waals surface area (Å²) < 4.78 is 31.4. The minimum atomic E-state index is -1.94. The van der Waals surface area contributed by atoms with Gasteiger partial charge in [-0.15, -0.1) is 0 Å². The van der Waals surface area contributed by atoms with E-state index in [1.807, 2.05) is 47.6 Å². The van der Waals surface area contributed by atoms with Gasteiger partial charge in [0.2, 0.25) is 5.78 Å². The zero-order valence-electron chi connectivity index (χ0n) is 39.3. The summed E-state index contributed by atoms with van der Waals surface area (Å²) in [4.78, 5) is 75.7. The minimum Gasteiger partial charge on any atom is -0.507 e. The molecule has 65 heavy (non-hydrogen) atoms. The Morgan fingerprint density at radius 2 is 1.65 bits per heavy atom. The molecule has 8 atom stereocenters. The average molecular weight is 901 g/mol. The number of aliphatic carboxylic acids is 1. The molecule has 1 aromatic carbocycles. The number of likely N-dealkylation sites (tertiary alicyclic amines) is 1. The molecule has 2 saturated heterocycles. The third-order valence-corrected chi connectivity index (χ3v) is 13.6. The van der Waals surface area contributed by atoms with Gasteiger partial charge in [0.15, 0.2) is 5.79 Å². The van der Waals surface area contributed by atoms with Crippen molar-refractivity contribution in [3.05, 3.63) is 69.8 Å². The summed E-state index contributed by atoms with van der Waals surface area (Å²) in [6, 6.07) is 0. The van der Waals surface area contributed by atoms with Crippen LogP contribution in [-0.2, 0) is 33.3 Å². The lowest BCUT2D eigenvalue weighted by atomic mass is 9.77. The standard InChI is InChI=1S/C49H64N4O12/c1-24(2)23-53-19-17-49(18-20-53)51-36-33-34-39(57)28(6)44-35(33)45(59)48(11,65-44)61-21-13-16-25(3)41(62-32(56)22-31(54)55)29(7)43-30(8)42(63-47(9,10)64-43)26(4)14-12-15-27(5)46(60)50-38(40(34)58)37(36)52-49/h12-15,21,24-26,29-30,41-43,52,57H,16-20,22-23H2,1-11H3,(H,50,60)(H,54,55)/b14-12+,21-13+,27-15-/t25-,26+,29+,30-,41-,42+,43+,48+/m1/s1. The van der Waals surface area contributed by atoms with Crippen molar-refractivity contribution in [1.29, 1.82) is 0 Å². The van der Waals surface area contributed by atoms with Crippen molar-refractivity contribution in [1.82, 2.24) is 15.5 Å². The Bertz CT molecular complexity index is 2320. The van der Waals surface area contributed by atoms with Gasteiger partial charge in [0.1, 0.15) is 35.4 Å². The van der Waals surface area contributed by atoms with Gasteiger partial charge in [-0.2, -0.15) is 0 Å². The first-order chi connectivity index (χ1) is 30.5. The van der Waals surface area contributed by atoms with Crippen LogP contribution in [0.3, 0.4) is 0 Å². The molecule has 0 saturated carbocycles. The lowest BCUT2D eigenvalue weighted by Crippen LogP contribution is -2.56. The van der Waals surface area contributed by atoms with Gasteiger partial charge in [-0.3, -0.25) is 29.0 Å². The second-order valence-electron chi connectivity index (χ2n) is 19.8. The summed E-state index contributed by atoms with van der Waals surface area (Å²) >= 11 is 0. The number of hydrogen-bond donors (Lipinski definition) is 4. The van der Waals surface area contributed by atoms with Crippen LogP contribution in [0.4, 0.5) is 0 Å². The second kappa shape index (κ2) is 17.8. The summed E-state index contributed by atoms with van der Waals surface area (Å²) in [7, 11) is 0. The van der Waals surface area contributed by atoms with E-state index in [0.717, 1.165) is 19.6 Å². The summed E-state index contributed by atoms with van der Waals surface area (Å²) in [5.74, 6) is -8.23. The van der Waals surface area contributed by atoms with Gasteiger partial charge in [0.05, 0.1) is 41.0 Å². The molecule has 0 radical (unpaired) electrons. The van der Waals surface area contributed by atoms with E-state index in [4.69, 9.17) is 28.7 Å². The zero-order chi connectivity index (χ0) is 47.5. The highest BCUT2D eigenvalue weighted by Gasteiger charge is 2.55. The molecule has 1 amide bonds. The summed E-state index contributed by atoms with van der Waals surface area (Å²) in [6.07, 6.45) is 7.25. The van der Waals surface area contributed by atoms with Crippen molar-refractivity contribution in [2.75, 3.05) is 19.6 Å². The molecule has 0 unspecified atom stereocenters. The number of Topliss-reactive ketones (excluding diaryl/α,β-unsaturated/α-hetero) is 2. The SMILES string of the molecule is C/C1=C/C=C/[C@H](C)[C@@H]2OC(C)(C)O[C@@H]([C@@H](C)[C@H](OC(=O)CC(=O)O)[C@H](C)C/C=C/O[C@@]3(C)Oc4c(C)c(O)c5c(c4C3=O)C3=NC4(CCN(CC(C)C)CC4)NC3=C(NC1=O)C5=O)[C@@H]2C. The van der Waals surface area contributed by atoms with Crippen LogP contribution in [0.25, 0.3) is 0 Å². The number of phenolic OH excluding ortho intramolecular Hbond substituents is 1. The highest BCUT2D eigenvalue weighted by molar-refractivity contribution is 6.34. The molecule has 0 aromatic heterocycles. The van der Waals surface area contributed by atoms with Gasteiger partial charge in [-0.1, -0.05) is 59.8 Å². The highest BCUT2D eigenvalue weighted by atomic mass is 16.7. The molecule has 1 aliphatic carbocycles. The Kier molecular flexibility index (Phi) is 13.1. The van der Waals surface area contributed by atoms with Crippen LogP contribution in [0, 0.1) is 36.5 Å². The fourth-order valence-electron chi connectivity index (χ4n) is 10.2. The average Bonchev–Trinajstić information content (AvgIpc) is 3.73. The number of benzene rings is 1. The van der Waals surface area contributed by atoms with Crippen LogP contribution < -0.4 is 15.4 Å². The molecule has 7 bridgehead atoms. The normalized spacial score (nSPS) is 32.9. The fraction of sp³-hybridized carbons (Fsp3) is 0.592. The molecule has 6 heterocycles. The van der Waals surface area contributed by atoms with E-state index < -0.39 is 82.9 Å². The van der Waals surface area contributed by atoms with E-state index in [0.29, 0.717) is 18.8 Å². The predicted molar refractivity (Wildman–Crippen MR) is 239 cm³/mol. The summed E-state index contributed by atoms with van der Waals surface area (Å²) in [5.41, 5.74) is -0.0275. The number of phenols is 1. The first kappa shape index (κ1) is 47.6. The van der Waals surface area contributed by atoms with E-state index in [-0.39, 0.29) is 75.0 Å². The van der Waals surface area contributed by atoms with E-state index in [9.17, 15) is 34.2 Å². The van der Waals surface area contributed by atoms with Gasteiger partial charge in [-0.05, 0) is 52.0 Å². The van der Waals surface area contributed by atoms with Gasteiger partial charge < -0.3 is 49.4 Å². The highest BCUT2D eigenvalue weighted by Crippen LogP contribution is 2.50. The zero-order valence-corrected chi connectivity index (χ0v) is 39.3. The Morgan fingerprint density at radius 1 is 0.969 bits per heavy atom. The number of hydrogen-bond acceptors (Lipinski definition) is 14. The molecular weight excluding hydrogens is 837 g/mol. The number of piperidine rings is 1. The molecule has 7 aliphatic rings. The number of ether oxygens (including phenoxy) is 5. The van der Waals surface area contributed by atoms with Crippen molar-refractivity contribution in [3.8, 4) is 11.5 Å². The summed E-state index contributed by atoms with van der Waals surface area (Å²) in [5, 5.41) is 27.6. The van der Waals surface area contributed by atoms with Crippen molar-refractivity contribution < 1.29 is 57.9 Å². The molecule has 2 fully saturated rings. The van der Waals surface area contributed by atoms with Crippen LogP contribution in [-0.4, -0.2) is 105 Å². The van der Waals surface area contributed by atoms with Crippen LogP contribution in [0.5, 0.6) is 11.5 Å².